The second-order valence-electron chi connectivity index (χ2n) is 11.1. The zero-order valence-corrected chi connectivity index (χ0v) is 28.2. The maximum atomic E-state index is 14.6. The Kier molecular flexibility index (Phi) is 12.4. The van der Waals surface area contributed by atoms with Crippen molar-refractivity contribution in [3.8, 4) is 11.5 Å². The molecule has 0 aliphatic heterocycles. The number of methoxy groups -OCH3 is 1. The van der Waals surface area contributed by atoms with Gasteiger partial charge in [-0.05, 0) is 79.9 Å². The largest absolute Gasteiger partial charge is 0.497 e. The fourth-order valence-electron chi connectivity index (χ4n) is 5.09. The van der Waals surface area contributed by atoms with Gasteiger partial charge in [0.2, 0.25) is 11.8 Å². The number of nitrogens with one attached hydrogen (secondary N) is 1. The summed E-state index contributed by atoms with van der Waals surface area (Å²) >= 11 is 0. The molecule has 4 aromatic carbocycles. The Morgan fingerprint density at radius 2 is 1.45 bits per heavy atom. The van der Waals surface area contributed by atoms with Gasteiger partial charge in [0.25, 0.3) is 10.0 Å². The van der Waals surface area contributed by atoms with Gasteiger partial charge in [0.1, 0.15) is 24.1 Å². The number of rotatable bonds is 16. The predicted molar refractivity (Wildman–Crippen MR) is 184 cm³/mol. The molecule has 0 bridgehead atoms. The molecule has 2 amide bonds. The number of amides is 2. The van der Waals surface area contributed by atoms with Crippen molar-refractivity contribution in [2.75, 3.05) is 24.6 Å². The first-order valence-corrected chi connectivity index (χ1v) is 17.2. The smallest absolute Gasteiger partial charge is 0.264 e. The van der Waals surface area contributed by atoms with Crippen molar-refractivity contribution < 1.29 is 27.5 Å². The monoisotopic (exact) mass is 657 g/mol. The van der Waals surface area contributed by atoms with Crippen LogP contribution in [-0.2, 0) is 32.6 Å². The minimum absolute atomic E-state index is 0.0383. The van der Waals surface area contributed by atoms with Gasteiger partial charge in [0, 0.05) is 19.0 Å². The van der Waals surface area contributed by atoms with Crippen LogP contribution >= 0.6 is 0 Å². The highest BCUT2D eigenvalue weighted by Crippen LogP contribution is 2.27. The standard InChI is InChI=1S/C37H43N3O6S/c1-5-28(3)38-37(42)35(25-29-14-9-7-10-15-29)39(26-30-16-13-17-33(24-30)45-4)36(41)27-40(31-20-22-32(23-21-31)46-6-2)47(43,44)34-18-11-8-12-19-34/h7-24,28,35H,5-6,25-27H2,1-4H3,(H,38,42)/t28-,35+/m0/s1. The van der Waals surface area contributed by atoms with Crippen molar-refractivity contribution in [2.45, 2.75) is 57.1 Å². The predicted octanol–water partition coefficient (Wildman–Crippen LogP) is 5.84. The molecule has 0 aliphatic rings. The quantitative estimate of drug-likeness (QED) is 0.162. The van der Waals surface area contributed by atoms with E-state index in [-0.39, 0.29) is 35.5 Å². The molecule has 0 aromatic heterocycles. The van der Waals surface area contributed by atoms with Gasteiger partial charge in [-0.15, -0.1) is 0 Å². The molecule has 0 saturated heterocycles. The normalized spacial score (nSPS) is 12.4. The molecule has 2 atom stereocenters. The number of hydrogen-bond donors (Lipinski definition) is 1. The minimum atomic E-state index is -4.19. The van der Waals surface area contributed by atoms with Gasteiger partial charge in [-0.2, -0.15) is 0 Å². The van der Waals surface area contributed by atoms with Gasteiger partial charge < -0.3 is 19.7 Å². The Hall–Kier alpha value is -4.83. The van der Waals surface area contributed by atoms with Crippen molar-refractivity contribution >= 4 is 27.5 Å². The summed E-state index contributed by atoms with van der Waals surface area (Å²) in [6.07, 6.45) is 0.932. The molecule has 9 nitrogen and oxygen atoms in total. The molecule has 4 rings (SSSR count). The average Bonchev–Trinajstić information content (AvgIpc) is 3.10. The van der Waals surface area contributed by atoms with E-state index < -0.39 is 28.5 Å². The van der Waals surface area contributed by atoms with E-state index in [4.69, 9.17) is 9.47 Å². The number of carbonyl (C=O) groups excluding carboxylic acids is 2. The number of sulfonamides is 1. The number of carbonyl (C=O) groups is 2. The van der Waals surface area contributed by atoms with Crippen molar-refractivity contribution in [2.24, 2.45) is 0 Å². The van der Waals surface area contributed by atoms with E-state index in [1.165, 1.54) is 17.0 Å². The van der Waals surface area contributed by atoms with Gasteiger partial charge in [-0.25, -0.2) is 8.42 Å². The summed E-state index contributed by atoms with van der Waals surface area (Å²) in [5.41, 5.74) is 1.88. The molecular formula is C37H43N3O6S. The molecule has 0 fully saturated rings. The third-order valence-electron chi connectivity index (χ3n) is 7.80. The van der Waals surface area contributed by atoms with E-state index >= 15 is 0 Å². The molecular weight excluding hydrogens is 614 g/mol. The highest BCUT2D eigenvalue weighted by molar-refractivity contribution is 7.92. The van der Waals surface area contributed by atoms with E-state index in [1.54, 1.807) is 61.7 Å². The minimum Gasteiger partial charge on any atom is -0.497 e. The van der Waals surface area contributed by atoms with Gasteiger partial charge >= 0.3 is 0 Å². The van der Waals surface area contributed by atoms with Crippen molar-refractivity contribution in [1.82, 2.24) is 10.2 Å². The van der Waals surface area contributed by atoms with E-state index in [0.29, 0.717) is 24.5 Å². The summed E-state index contributed by atoms with van der Waals surface area (Å²) in [5.74, 6) is 0.310. The first kappa shape index (κ1) is 35.0. The molecule has 0 spiro atoms. The SMILES string of the molecule is CCOc1ccc(N(CC(=O)N(Cc2cccc(OC)c2)[C@H](Cc2ccccc2)C(=O)N[C@@H](C)CC)S(=O)(=O)c2ccccc2)cc1. The van der Waals surface area contributed by atoms with Crippen LogP contribution in [0.1, 0.15) is 38.3 Å². The van der Waals surface area contributed by atoms with E-state index in [1.807, 2.05) is 63.2 Å². The van der Waals surface area contributed by atoms with Crippen LogP contribution in [0, 0.1) is 0 Å². The molecule has 0 saturated carbocycles. The molecule has 248 valence electrons. The Morgan fingerprint density at radius 3 is 2.06 bits per heavy atom. The lowest BCUT2D eigenvalue weighted by atomic mass is 10.0. The van der Waals surface area contributed by atoms with Crippen LogP contribution in [0.4, 0.5) is 5.69 Å². The van der Waals surface area contributed by atoms with Crippen LogP contribution in [-0.4, -0.2) is 57.5 Å². The second kappa shape index (κ2) is 16.6. The number of ether oxygens (including phenoxy) is 2. The second-order valence-corrected chi connectivity index (χ2v) is 13.0. The summed E-state index contributed by atoms with van der Waals surface area (Å²) in [6, 6.07) is 30.2. The van der Waals surface area contributed by atoms with Gasteiger partial charge in [-0.3, -0.25) is 13.9 Å². The first-order chi connectivity index (χ1) is 22.7. The van der Waals surface area contributed by atoms with Crippen LogP contribution in [0.5, 0.6) is 11.5 Å². The summed E-state index contributed by atoms with van der Waals surface area (Å²) in [7, 11) is -2.64. The molecule has 0 aliphatic carbocycles. The third kappa shape index (κ3) is 9.36. The summed E-state index contributed by atoms with van der Waals surface area (Å²) in [5, 5.41) is 3.05. The maximum absolute atomic E-state index is 14.6. The fraction of sp³-hybridized carbons (Fsp3) is 0.297. The van der Waals surface area contributed by atoms with E-state index in [2.05, 4.69) is 5.32 Å². The summed E-state index contributed by atoms with van der Waals surface area (Å²) < 4.78 is 40.4. The van der Waals surface area contributed by atoms with Crippen LogP contribution < -0.4 is 19.1 Å². The zero-order valence-electron chi connectivity index (χ0n) is 27.3. The Balaban J connectivity index is 1.81. The van der Waals surface area contributed by atoms with Gasteiger partial charge in [-0.1, -0.05) is 67.6 Å². The van der Waals surface area contributed by atoms with Crippen molar-refractivity contribution in [3.05, 3.63) is 120 Å². The third-order valence-corrected chi connectivity index (χ3v) is 9.59. The molecule has 0 unspecified atom stereocenters. The molecule has 0 heterocycles. The highest BCUT2D eigenvalue weighted by atomic mass is 32.2. The van der Waals surface area contributed by atoms with Crippen molar-refractivity contribution in [1.29, 1.82) is 0 Å². The Morgan fingerprint density at radius 1 is 0.809 bits per heavy atom. The fourth-order valence-corrected chi connectivity index (χ4v) is 6.52. The van der Waals surface area contributed by atoms with Crippen LogP contribution in [0.3, 0.4) is 0 Å². The number of benzene rings is 4. The van der Waals surface area contributed by atoms with E-state index in [0.717, 1.165) is 15.4 Å². The molecule has 47 heavy (non-hydrogen) atoms. The Labute approximate surface area is 278 Å². The maximum Gasteiger partial charge on any atom is 0.264 e. The average molecular weight is 658 g/mol. The summed E-state index contributed by atoms with van der Waals surface area (Å²) in [4.78, 5) is 30.1. The lowest BCUT2D eigenvalue weighted by Gasteiger charge is -2.34. The molecule has 4 aromatic rings. The lowest BCUT2D eigenvalue weighted by Crippen LogP contribution is -2.54. The lowest BCUT2D eigenvalue weighted by molar-refractivity contribution is -0.140. The van der Waals surface area contributed by atoms with Gasteiger partial charge in [0.05, 0.1) is 24.3 Å². The van der Waals surface area contributed by atoms with Crippen molar-refractivity contribution in [3.63, 3.8) is 0 Å². The number of nitrogens with zero attached hydrogens (tertiary/aromatic N) is 2. The molecule has 10 heteroatoms. The topological polar surface area (TPSA) is 105 Å². The number of hydrogen-bond acceptors (Lipinski definition) is 6. The molecule has 1 N–H and O–H groups in total. The highest BCUT2D eigenvalue weighted by Gasteiger charge is 2.35. The van der Waals surface area contributed by atoms with Crippen LogP contribution in [0.2, 0.25) is 0 Å². The Bertz CT molecular complexity index is 1700. The van der Waals surface area contributed by atoms with Crippen LogP contribution in [0.25, 0.3) is 0 Å². The number of anilines is 1. The van der Waals surface area contributed by atoms with E-state index in [9.17, 15) is 18.0 Å². The van der Waals surface area contributed by atoms with Crippen LogP contribution in [0.15, 0.2) is 114 Å². The zero-order chi connectivity index (χ0) is 33.8. The summed E-state index contributed by atoms with van der Waals surface area (Å²) in [6.45, 7) is 5.69. The van der Waals surface area contributed by atoms with Gasteiger partial charge in [0.15, 0.2) is 0 Å². The first-order valence-electron chi connectivity index (χ1n) is 15.7. The molecule has 0 radical (unpaired) electrons.